The van der Waals surface area contributed by atoms with Crippen molar-refractivity contribution in [3.8, 4) is 0 Å². The van der Waals surface area contributed by atoms with Crippen molar-refractivity contribution in [3.05, 3.63) is 90.5 Å². The number of hydrogen-bond donors (Lipinski definition) is 2. The molecule has 5 rings (SSSR count). The van der Waals surface area contributed by atoms with Crippen LogP contribution in [0, 0.1) is 17.8 Å². The molecule has 3 aliphatic rings. The smallest absolute Gasteiger partial charge is 0.313 e. The van der Waals surface area contributed by atoms with Crippen LogP contribution in [0.4, 0.5) is 5.69 Å². The van der Waals surface area contributed by atoms with Gasteiger partial charge in [-0.25, -0.2) is 0 Å². The van der Waals surface area contributed by atoms with Crippen molar-refractivity contribution in [2.24, 2.45) is 17.8 Å². The van der Waals surface area contributed by atoms with E-state index in [9.17, 15) is 24.3 Å². The number of benzene rings is 2. The predicted molar refractivity (Wildman–Crippen MR) is 205 cm³/mol. The molecular formula is C40H49BrClN3O8. The Bertz CT molecular complexity index is 1640. The summed E-state index contributed by atoms with van der Waals surface area (Å²) in [5.74, 6) is -3.96. The molecule has 1 spiro atoms. The molecule has 3 amide bonds. The van der Waals surface area contributed by atoms with Crippen molar-refractivity contribution in [1.82, 2.24) is 10.2 Å². The van der Waals surface area contributed by atoms with Crippen LogP contribution in [-0.4, -0.2) is 95.2 Å². The fourth-order valence-electron chi connectivity index (χ4n) is 8.18. The summed E-state index contributed by atoms with van der Waals surface area (Å²) in [5, 5.41) is 14.2. The summed E-state index contributed by atoms with van der Waals surface area (Å²) in [5.41, 5.74) is -0.256. The molecule has 3 heterocycles. The topological polar surface area (TPSA) is 135 Å². The number of alkyl halides is 1. The third kappa shape index (κ3) is 8.27. The third-order valence-corrected chi connectivity index (χ3v) is 11.4. The average Bonchev–Trinajstić information content (AvgIpc) is 3.74. The van der Waals surface area contributed by atoms with Gasteiger partial charge in [-0.05, 0) is 55.0 Å². The van der Waals surface area contributed by atoms with Crippen LogP contribution in [0.2, 0.25) is 5.02 Å². The fraction of sp³-hybridized carbons (Fsp3) is 0.500. The van der Waals surface area contributed by atoms with E-state index >= 15 is 0 Å². The number of nitrogens with one attached hydrogen (secondary N) is 1. The maximum atomic E-state index is 15.0. The van der Waals surface area contributed by atoms with Gasteiger partial charge in [0.1, 0.15) is 17.7 Å². The molecule has 3 aliphatic heterocycles. The summed E-state index contributed by atoms with van der Waals surface area (Å²) in [6, 6.07) is 13.1. The van der Waals surface area contributed by atoms with E-state index in [1.165, 1.54) is 16.9 Å². The number of carbonyl (C=O) groups excluding carboxylic acids is 4. The van der Waals surface area contributed by atoms with E-state index in [2.05, 4.69) is 34.4 Å². The van der Waals surface area contributed by atoms with Gasteiger partial charge in [0.25, 0.3) is 5.91 Å². The molecule has 13 heteroatoms. The quantitative estimate of drug-likeness (QED) is 0.116. The van der Waals surface area contributed by atoms with Gasteiger partial charge in [-0.2, -0.15) is 0 Å². The standard InChI is InChI=1S/C40H49BrClN3O8/c1-6-8-14-31(47)43-30(23-51-5)34(25-12-10-9-11-13-25)52-39(50)32-33-37(48)45(28(22-46)20-24(3)4)36(40(33)21-29(41)35(32)53-40)38(49)44(19-7-2)27-17-15-26(42)16-18-27/h6-7,9-13,15-18,24,28-30,32-36,46H,1-2,8,14,19-23H2,3-5H3,(H,43,47)/t28-,29?,30+,32-,33+,34+,35-,36-,40+/m1/s1. The van der Waals surface area contributed by atoms with Crippen LogP contribution in [0.3, 0.4) is 0 Å². The van der Waals surface area contributed by atoms with Gasteiger partial charge in [-0.3, -0.25) is 19.2 Å². The Balaban J connectivity index is 1.56. The van der Waals surface area contributed by atoms with Gasteiger partial charge in [0.15, 0.2) is 0 Å². The molecule has 11 nitrogen and oxygen atoms in total. The van der Waals surface area contributed by atoms with E-state index in [-0.39, 0.29) is 37.8 Å². The van der Waals surface area contributed by atoms with Gasteiger partial charge >= 0.3 is 5.97 Å². The Hall–Kier alpha value is -3.55. The number of halogens is 2. The molecule has 3 fully saturated rings. The summed E-state index contributed by atoms with van der Waals surface area (Å²) < 4.78 is 18.6. The zero-order valence-electron chi connectivity index (χ0n) is 30.4. The van der Waals surface area contributed by atoms with Crippen molar-refractivity contribution in [3.63, 3.8) is 0 Å². The molecule has 0 radical (unpaired) electrons. The van der Waals surface area contributed by atoms with Crippen molar-refractivity contribution >= 4 is 56.9 Å². The molecule has 0 saturated carbocycles. The van der Waals surface area contributed by atoms with Crippen LogP contribution in [0.5, 0.6) is 0 Å². The third-order valence-electron chi connectivity index (χ3n) is 10.3. The van der Waals surface area contributed by atoms with Gasteiger partial charge in [0.05, 0.1) is 43.2 Å². The second-order valence-electron chi connectivity index (χ2n) is 14.3. The van der Waals surface area contributed by atoms with E-state index in [1.807, 2.05) is 19.9 Å². The minimum atomic E-state index is -1.42. The number of rotatable bonds is 18. The summed E-state index contributed by atoms with van der Waals surface area (Å²) in [6.45, 7) is 11.3. The first kappa shape index (κ1) is 40.6. The van der Waals surface area contributed by atoms with Crippen molar-refractivity contribution in [2.75, 3.05) is 31.8 Å². The highest BCUT2D eigenvalue weighted by atomic mass is 79.9. The Morgan fingerprint density at radius 2 is 1.85 bits per heavy atom. The fourth-order valence-corrected chi connectivity index (χ4v) is 9.24. The molecule has 2 aromatic rings. The summed E-state index contributed by atoms with van der Waals surface area (Å²) in [6.07, 6.45) is 2.79. The molecule has 2 N–H and O–H groups in total. The van der Waals surface area contributed by atoms with Crippen molar-refractivity contribution in [2.45, 2.75) is 80.3 Å². The first-order valence-electron chi connectivity index (χ1n) is 18.0. The molecular weight excluding hydrogens is 766 g/mol. The average molecular weight is 815 g/mol. The highest BCUT2D eigenvalue weighted by Crippen LogP contribution is 2.61. The molecule has 53 heavy (non-hydrogen) atoms. The maximum Gasteiger partial charge on any atom is 0.313 e. The van der Waals surface area contributed by atoms with Crippen LogP contribution in [0.25, 0.3) is 0 Å². The minimum Gasteiger partial charge on any atom is -0.455 e. The molecule has 3 saturated heterocycles. The van der Waals surface area contributed by atoms with Crippen LogP contribution in [0.15, 0.2) is 79.9 Å². The van der Waals surface area contributed by atoms with E-state index in [0.29, 0.717) is 29.1 Å². The summed E-state index contributed by atoms with van der Waals surface area (Å²) in [7, 11) is 1.49. The number of ether oxygens (including phenoxy) is 3. The lowest BCUT2D eigenvalue weighted by atomic mass is 9.70. The largest absolute Gasteiger partial charge is 0.455 e. The van der Waals surface area contributed by atoms with E-state index < -0.39 is 77.0 Å². The lowest BCUT2D eigenvalue weighted by Crippen LogP contribution is -2.59. The molecule has 2 bridgehead atoms. The number of hydrogen-bond acceptors (Lipinski definition) is 8. The second kappa shape index (κ2) is 17.7. The molecule has 2 aromatic carbocycles. The van der Waals surface area contributed by atoms with Crippen molar-refractivity contribution in [1.29, 1.82) is 0 Å². The lowest BCUT2D eigenvalue weighted by molar-refractivity contribution is -0.163. The normalized spacial score (nSPS) is 26.1. The molecule has 1 unspecified atom stereocenters. The van der Waals surface area contributed by atoms with E-state index in [1.54, 1.807) is 60.7 Å². The number of aliphatic hydroxyl groups excluding tert-OH is 1. The number of amides is 3. The Kier molecular flexibility index (Phi) is 13.6. The molecule has 286 valence electrons. The number of allylic oxidation sites excluding steroid dienone is 1. The number of nitrogens with zero attached hydrogens (tertiary/aromatic N) is 2. The van der Waals surface area contributed by atoms with Crippen molar-refractivity contribution < 1.29 is 38.5 Å². The van der Waals surface area contributed by atoms with Crippen LogP contribution in [-0.2, 0) is 33.4 Å². The van der Waals surface area contributed by atoms with Crippen LogP contribution >= 0.6 is 27.5 Å². The maximum absolute atomic E-state index is 15.0. The zero-order chi connectivity index (χ0) is 38.4. The van der Waals surface area contributed by atoms with Gasteiger partial charge in [0, 0.05) is 35.6 Å². The minimum absolute atomic E-state index is 0.0339. The lowest BCUT2D eigenvalue weighted by Gasteiger charge is -2.39. The van der Waals surface area contributed by atoms with Gasteiger partial charge in [0.2, 0.25) is 11.8 Å². The number of carbonyl (C=O) groups is 4. The SMILES string of the molecule is C=CCCC(=O)N[C@@H](COC)[C@@H](OC(=O)[C@H]1[C@@H]2O[C@@]3(CC2Br)[C@@H]1C(=O)N([C@@H](CO)CC(C)C)[C@@H]3C(=O)N(CC=C)c1ccc(Cl)cc1)c1ccccc1. The number of aliphatic hydroxyl groups is 1. The van der Waals surface area contributed by atoms with Gasteiger partial charge < -0.3 is 34.4 Å². The monoisotopic (exact) mass is 813 g/mol. The first-order chi connectivity index (χ1) is 25.4. The second-order valence-corrected chi connectivity index (χ2v) is 15.9. The van der Waals surface area contributed by atoms with Crippen LogP contribution in [0.1, 0.15) is 51.2 Å². The number of fused-ring (bicyclic) bond motifs is 1. The van der Waals surface area contributed by atoms with Crippen LogP contribution < -0.4 is 10.2 Å². The van der Waals surface area contributed by atoms with E-state index in [0.717, 1.165) is 0 Å². The number of methoxy groups -OCH3 is 1. The van der Waals surface area contributed by atoms with Gasteiger partial charge in [-0.1, -0.05) is 83.9 Å². The Morgan fingerprint density at radius 1 is 1.15 bits per heavy atom. The number of anilines is 1. The predicted octanol–water partition coefficient (Wildman–Crippen LogP) is 5.40. The first-order valence-corrected chi connectivity index (χ1v) is 19.3. The highest BCUT2D eigenvalue weighted by Gasteiger charge is 2.77. The zero-order valence-corrected chi connectivity index (χ0v) is 32.7. The van der Waals surface area contributed by atoms with Gasteiger partial charge in [-0.15, -0.1) is 13.2 Å². The molecule has 9 atom stereocenters. The Labute approximate surface area is 324 Å². The molecule has 0 aliphatic carbocycles. The number of likely N-dealkylation sites (tertiary alicyclic amines) is 1. The molecule has 0 aromatic heterocycles. The number of esters is 1. The summed E-state index contributed by atoms with van der Waals surface area (Å²) >= 11 is 9.92. The highest BCUT2D eigenvalue weighted by molar-refractivity contribution is 9.09. The Morgan fingerprint density at radius 3 is 2.45 bits per heavy atom. The van der Waals surface area contributed by atoms with E-state index in [4.69, 9.17) is 25.8 Å². The summed E-state index contributed by atoms with van der Waals surface area (Å²) in [4.78, 5) is 60.1.